The van der Waals surface area contributed by atoms with Gasteiger partial charge in [0.25, 0.3) is 0 Å². The van der Waals surface area contributed by atoms with E-state index in [0.717, 1.165) is 5.56 Å². The van der Waals surface area contributed by atoms with Crippen LogP contribution in [-0.4, -0.2) is 28.7 Å². The normalized spacial score (nSPS) is 18.2. The third-order valence-corrected chi connectivity index (χ3v) is 3.30. The van der Waals surface area contributed by atoms with Crippen LogP contribution in [0.1, 0.15) is 44.2 Å². The topological polar surface area (TPSA) is 69.8 Å². The number of hydrogen-bond acceptors (Lipinski definition) is 3. The van der Waals surface area contributed by atoms with Crippen LogP contribution in [0.2, 0.25) is 0 Å². The van der Waals surface area contributed by atoms with E-state index in [4.69, 9.17) is 0 Å². The van der Waals surface area contributed by atoms with Crippen LogP contribution in [0.4, 0.5) is 0 Å². The predicted molar refractivity (Wildman–Crippen MR) is 65.4 cm³/mol. The van der Waals surface area contributed by atoms with Gasteiger partial charge in [0.05, 0.1) is 18.8 Å². The molecule has 1 aliphatic carbocycles. The van der Waals surface area contributed by atoms with E-state index in [1.807, 2.05) is 6.92 Å². The molecule has 1 heterocycles. The smallest absolute Gasteiger partial charge is 0.234 e. The van der Waals surface area contributed by atoms with E-state index >= 15 is 0 Å². The van der Waals surface area contributed by atoms with Crippen molar-refractivity contribution >= 4 is 5.91 Å². The van der Waals surface area contributed by atoms with Crippen LogP contribution < -0.4 is 10.6 Å². The fraction of sp³-hybridized carbons (Fsp3) is 0.667. The van der Waals surface area contributed by atoms with Crippen molar-refractivity contribution in [3.63, 3.8) is 0 Å². The molecule has 0 saturated heterocycles. The van der Waals surface area contributed by atoms with Gasteiger partial charge in [-0.1, -0.05) is 12.8 Å². The lowest BCUT2D eigenvalue weighted by molar-refractivity contribution is -0.121. The molecule has 1 aromatic heterocycles. The highest BCUT2D eigenvalue weighted by Crippen LogP contribution is 2.17. The fourth-order valence-corrected chi connectivity index (χ4v) is 2.24. The zero-order valence-electron chi connectivity index (χ0n) is 10.2. The van der Waals surface area contributed by atoms with Gasteiger partial charge in [0.15, 0.2) is 0 Å². The molecule has 94 valence electrons. The number of amides is 1. The van der Waals surface area contributed by atoms with Crippen LogP contribution in [0.15, 0.2) is 12.4 Å². The van der Waals surface area contributed by atoms with Crippen molar-refractivity contribution in [2.75, 3.05) is 6.54 Å². The Morgan fingerprint density at radius 1 is 1.59 bits per heavy atom. The molecule has 2 rings (SSSR count). The Kier molecular flexibility index (Phi) is 4.14. The van der Waals surface area contributed by atoms with E-state index in [0.29, 0.717) is 12.6 Å². The first-order chi connectivity index (χ1) is 8.25. The highest BCUT2D eigenvalue weighted by Gasteiger charge is 2.16. The Balaban J connectivity index is 1.69. The molecular formula is C12H20N4O. The third-order valence-electron chi connectivity index (χ3n) is 3.30. The second-order valence-corrected chi connectivity index (χ2v) is 4.68. The summed E-state index contributed by atoms with van der Waals surface area (Å²) >= 11 is 0. The molecule has 0 aromatic carbocycles. The van der Waals surface area contributed by atoms with Crippen molar-refractivity contribution in [3.05, 3.63) is 18.0 Å². The molecule has 1 fully saturated rings. The SMILES string of the molecule is CC(NC(=O)CNC1CCCC1)c1cn[nH]c1. The molecule has 1 atom stereocenters. The largest absolute Gasteiger partial charge is 0.348 e. The average Bonchev–Trinajstić information content (AvgIpc) is 2.99. The van der Waals surface area contributed by atoms with Gasteiger partial charge in [-0.25, -0.2) is 0 Å². The summed E-state index contributed by atoms with van der Waals surface area (Å²) in [7, 11) is 0. The molecule has 1 aromatic rings. The van der Waals surface area contributed by atoms with Crippen LogP contribution in [-0.2, 0) is 4.79 Å². The summed E-state index contributed by atoms with van der Waals surface area (Å²) < 4.78 is 0. The van der Waals surface area contributed by atoms with Crippen LogP contribution in [0.5, 0.6) is 0 Å². The first-order valence-electron chi connectivity index (χ1n) is 6.27. The highest BCUT2D eigenvalue weighted by molar-refractivity contribution is 5.78. The number of H-pyrrole nitrogens is 1. The number of hydrogen-bond donors (Lipinski definition) is 3. The Bertz CT molecular complexity index is 343. The van der Waals surface area contributed by atoms with Gasteiger partial charge in [-0.15, -0.1) is 0 Å². The van der Waals surface area contributed by atoms with Gasteiger partial charge in [-0.05, 0) is 19.8 Å². The van der Waals surface area contributed by atoms with Crippen LogP contribution in [0.25, 0.3) is 0 Å². The molecular weight excluding hydrogens is 216 g/mol. The summed E-state index contributed by atoms with van der Waals surface area (Å²) in [5.74, 6) is 0.0469. The molecule has 0 spiro atoms. The summed E-state index contributed by atoms with van der Waals surface area (Å²) in [6.45, 7) is 2.37. The van der Waals surface area contributed by atoms with Crippen molar-refractivity contribution in [1.29, 1.82) is 0 Å². The van der Waals surface area contributed by atoms with Gasteiger partial charge < -0.3 is 10.6 Å². The van der Waals surface area contributed by atoms with Crippen LogP contribution in [0.3, 0.4) is 0 Å². The maximum absolute atomic E-state index is 11.7. The summed E-state index contributed by atoms with van der Waals surface area (Å²) in [6.07, 6.45) is 8.50. The molecule has 0 aliphatic heterocycles. The highest BCUT2D eigenvalue weighted by atomic mass is 16.1. The predicted octanol–water partition coefficient (Wildman–Crippen LogP) is 1.12. The molecule has 0 radical (unpaired) electrons. The van der Waals surface area contributed by atoms with Gasteiger partial charge in [-0.2, -0.15) is 5.10 Å². The Labute approximate surface area is 101 Å². The van der Waals surface area contributed by atoms with Crippen LogP contribution in [0, 0.1) is 0 Å². The first kappa shape index (κ1) is 12.1. The van der Waals surface area contributed by atoms with E-state index in [9.17, 15) is 4.79 Å². The van der Waals surface area contributed by atoms with E-state index in [1.54, 1.807) is 12.4 Å². The average molecular weight is 236 g/mol. The third kappa shape index (κ3) is 3.56. The fourth-order valence-electron chi connectivity index (χ4n) is 2.24. The number of nitrogens with one attached hydrogen (secondary N) is 3. The first-order valence-corrected chi connectivity index (χ1v) is 6.27. The lowest BCUT2D eigenvalue weighted by atomic mass is 10.2. The molecule has 0 bridgehead atoms. The minimum Gasteiger partial charge on any atom is -0.348 e. The molecule has 1 unspecified atom stereocenters. The molecule has 1 amide bonds. The van der Waals surface area contributed by atoms with Crippen molar-refractivity contribution in [3.8, 4) is 0 Å². The van der Waals surface area contributed by atoms with Gasteiger partial charge in [0.1, 0.15) is 0 Å². The minimum absolute atomic E-state index is 0.00614. The van der Waals surface area contributed by atoms with Crippen LogP contribution >= 0.6 is 0 Å². The van der Waals surface area contributed by atoms with Crippen molar-refractivity contribution in [1.82, 2.24) is 20.8 Å². The summed E-state index contributed by atoms with van der Waals surface area (Å²) in [6, 6.07) is 0.539. The number of aromatic nitrogens is 2. The van der Waals surface area contributed by atoms with Crippen molar-refractivity contribution in [2.45, 2.75) is 44.7 Å². The number of carbonyl (C=O) groups excluding carboxylic acids is 1. The van der Waals surface area contributed by atoms with Gasteiger partial charge in [-0.3, -0.25) is 9.89 Å². The Hall–Kier alpha value is -1.36. The second kappa shape index (κ2) is 5.82. The molecule has 17 heavy (non-hydrogen) atoms. The number of nitrogens with zero attached hydrogens (tertiary/aromatic N) is 1. The maximum atomic E-state index is 11.7. The van der Waals surface area contributed by atoms with E-state index in [1.165, 1.54) is 25.7 Å². The lowest BCUT2D eigenvalue weighted by Gasteiger charge is -2.15. The zero-order chi connectivity index (χ0) is 12.1. The van der Waals surface area contributed by atoms with E-state index < -0.39 is 0 Å². The van der Waals surface area contributed by atoms with Gasteiger partial charge in [0, 0.05) is 17.8 Å². The molecule has 5 heteroatoms. The maximum Gasteiger partial charge on any atom is 0.234 e. The minimum atomic E-state index is 0.00614. The standard InChI is InChI=1S/C12H20N4O/c1-9(10-6-14-15-7-10)16-12(17)8-13-11-4-2-3-5-11/h6-7,9,11,13H,2-5,8H2,1H3,(H,14,15)(H,16,17). The van der Waals surface area contributed by atoms with Gasteiger partial charge >= 0.3 is 0 Å². The number of aromatic amines is 1. The summed E-state index contributed by atoms with van der Waals surface area (Å²) in [4.78, 5) is 11.7. The Morgan fingerprint density at radius 2 is 2.35 bits per heavy atom. The molecule has 3 N–H and O–H groups in total. The molecule has 5 nitrogen and oxygen atoms in total. The van der Waals surface area contributed by atoms with Gasteiger partial charge in [0.2, 0.25) is 5.91 Å². The quantitative estimate of drug-likeness (QED) is 0.717. The number of carbonyl (C=O) groups is 1. The lowest BCUT2D eigenvalue weighted by Crippen LogP contribution is -2.38. The summed E-state index contributed by atoms with van der Waals surface area (Å²) in [5.41, 5.74) is 0.999. The van der Waals surface area contributed by atoms with Crippen molar-refractivity contribution in [2.24, 2.45) is 0 Å². The molecule has 1 aliphatic rings. The second-order valence-electron chi connectivity index (χ2n) is 4.68. The van der Waals surface area contributed by atoms with E-state index in [-0.39, 0.29) is 11.9 Å². The zero-order valence-corrected chi connectivity index (χ0v) is 10.2. The van der Waals surface area contributed by atoms with Crippen molar-refractivity contribution < 1.29 is 4.79 Å². The van der Waals surface area contributed by atoms with E-state index in [2.05, 4.69) is 20.8 Å². The molecule has 1 saturated carbocycles. The Morgan fingerprint density at radius 3 is 3.00 bits per heavy atom. The summed E-state index contributed by atoms with van der Waals surface area (Å²) in [5, 5.41) is 12.9. The number of rotatable bonds is 5. The monoisotopic (exact) mass is 236 g/mol.